The fourth-order valence-electron chi connectivity index (χ4n) is 2.07. The van der Waals surface area contributed by atoms with Crippen LogP contribution in [0, 0.1) is 6.92 Å². The van der Waals surface area contributed by atoms with Crippen molar-refractivity contribution in [3.8, 4) is 5.75 Å². The molecule has 2 rings (SSSR count). The molecule has 1 amide bonds. The van der Waals surface area contributed by atoms with E-state index in [-0.39, 0.29) is 18.1 Å². The SMILES string of the molecule is Cc1ccc(CNC(=O)Cc2ccc(OC(F)F)cc2)n1C. The van der Waals surface area contributed by atoms with Gasteiger partial charge >= 0.3 is 6.61 Å². The molecule has 1 heterocycles. The highest BCUT2D eigenvalue weighted by molar-refractivity contribution is 5.78. The first-order chi connectivity index (χ1) is 10.5. The number of carbonyl (C=O) groups excluding carboxylic acids is 1. The maximum Gasteiger partial charge on any atom is 0.387 e. The molecule has 0 aliphatic heterocycles. The molecule has 22 heavy (non-hydrogen) atoms. The van der Waals surface area contributed by atoms with Crippen LogP contribution in [0.5, 0.6) is 5.75 Å². The summed E-state index contributed by atoms with van der Waals surface area (Å²) in [6, 6.07) is 10.0. The molecular weight excluding hydrogens is 290 g/mol. The quantitative estimate of drug-likeness (QED) is 0.892. The van der Waals surface area contributed by atoms with E-state index in [9.17, 15) is 13.6 Å². The van der Waals surface area contributed by atoms with Crippen molar-refractivity contribution in [2.24, 2.45) is 7.05 Å². The zero-order valence-corrected chi connectivity index (χ0v) is 12.5. The molecule has 4 nitrogen and oxygen atoms in total. The molecule has 0 saturated heterocycles. The highest BCUT2D eigenvalue weighted by Gasteiger charge is 2.07. The van der Waals surface area contributed by atoms with Crippen molar-refractivity contribution < 1.29 is 18.3 Å². The second-order valence-electron chi connectivity index (χ2n) is 5.00. The number of hydrogen-bond acceptors (Lipinski definition) is 2. The van der Waals surface area contributed by atoms with Crippen LogP contribution >= 0.6 is 0 Å². The van der Waals surface area contributed by atoms with Crippen LogP contribution in [0.3, 0.4) is 0 Å². The monoisotopic (exact) mass is 308 g/mol. The van der Waals surface area contributed by atoms with Gasteiger partial charge in [0.15, 0.2) is 0 Å². The Bertz CT molecular complexity index is 636. The standard InChI is InChI=1S/C16H18F2N2O2/c1-11-3-6-13(20(11)2)10-19-15(21)9-12-4-7-14(8-5-12)22-16(17)18/h3-8,16H,9-10H2,1-2H3,(H,19,21). The summed E-state index contributed by atoms with van der Waals surface area (Å²) in [5, 5.41) is 2.84. The number of halogens is 2. The maximum absolute atomic E-state index is 12.0. The largest absolute Gasteiger partial charge is 0.435 e. The minimum absolute atomic E-state index is 0.0819. The van der Waals surface area contributed by atoms with Crippen LogP contribution in [-0.2, 0) is 24.8 Å². The molecule has 0 spiro atoms. The van der Waals surface area contributed by atoms with Crippen molar-refractivity contribution in [1.29, 1.82) is 0 Å². The summed E-state index contributed by atoms with van der Waals surface area (Å²) in [4.78, 5) is 11.9. The Balaban J connectivity index is 1.85. The second-order valence-corrected chi connectivity index (χ2v) is 5.00. The van der Waals surface area contributed by atoms with Gasteiger partial charge in [-0.25, -0.2) is 0 Å². The molecule has 1 N–H and O–H groups in total. The number of alkyl halides is 2. The first-order valence-corrected chi connectivity index (χ1v) is 6.87. The van der Waals surface area contributed by atoms with Gasteiger partial charge in [-0.15, -0.1) is 0 Å². The Morgan fingerprint density at radius 2 is 1.91 bits per heavy atom. The molecule has 6 heteroatoms. The average molecular weight is 308 g/mol. The Labute approximate surface area is 127 Å². The van der Waals surface area contributed by atoms with E-state index in [1.54, 1.807) is 12.1 Å². The number of ether oxygens (including phenoxy) is 1. The second kappa shape index (κ2) is 7.06. The third kappa shape index (κ3) is 4.31. The van der Waals surface area contributed by atoms with Crippen LogP contribution in [0.2, 0.25) is 0 Å². The first kappa shape index (κ1) is 16.0. The predicted molar refractivity (Wildman–Crippen MR) is 78.8 cm³/mol. The van der Waals surface area contributed by atoms with Crippen LogP contribution in [-0.4, -0.2) is 17.1 Å². The lowest BCUT2D eigenvalue weighted by atomic mass is 10.1. The van der Waals surface area contributed by atoms with Gasteiger partial charge in [-0.3, -0.25) is 4.79 Å². The predicted octanol–water partition coefficient (Wildman–Crippen LogP) is 2.79. The zero-order valence-electron chi connectivity index (χ0n) is 12.5. The summed E-state index contributed by atoms with van der Waals surface area (Å²) in [6.45, 7) is -0.396. The number of nitrogens with zero attached hydrogens (tertiary/aromatic N) is 1. The molecule has 0 unspecified atom stereocenters. The van der Waals surface area contributed by atoms with E-state index in [1.807, 2.05) is 30.7 Å². The third-order valence-corrected chi connectivity index (χ3v) is 3.46. The van der Waals surface area contributed by atoms with Crippen LogP contribution in [0.1, 0.15) is 17.0 Å². The Morgan fingerprint density at radius 1 is 1.23 bits per heavy atom. The highest BCUT2D eigenvalue weighted by Crippen LogP contribution is 2.15. The molecule has 1 aromatic heterocycles. The van der Waals surface area contributed by atoms with Crippen LogP contribution in [0.25, 0.3) is 0 Å². The van der Waals surface area contributed by atoms with Crippen molar-refractivity contribution in [3.05, 3.63) is 53.3 Å². The van der Waals surface area contributed by atoms with Crippen molar-refractivity contribution in [1.82, 2.24) is 9.88 Å². The fraction of sp³-hybridized carbons (Fsp3) is 0.312. The molecule has 0 aliphatic carbocycles. The maximum atomic E-state index is 12.0. The Hall–Kier alpha value is -2.37. The van der Waals surface area contributed by atoms with E-state index < -0.39 is 6.61 Å². The van der Waals surface area contributed by atoms with E-state index in [1.165, 1.54) is 12.1 Å². The van der Waals surface area contributed by atoms with Crippen molar-refractivity contribution >= 4 is 5.91 Å². The van der Waals surface area contributed by atoms with Gasteiger partial charge in [0.05, 0.1) is 13.0 Å². The molecular formula is C16H18F2N2O2. The van der Waals surface area contributed by atoms with Crippen molar-refractivity contribution in [3.63, 3.8) is 0 Å². The minimum atomic E-state index is -2.84. The molecule has 0 bridgehead atoms. The zero-order chi connectivity index (χ0) is 16.1. The number of rotatable bonds is 6. The average Bonchev–Trinajstić information content (AvgIpc) is 2.78. The van der Waals surface area contributed by atoms with Crippen molar-refractivity contribution in [2.75, 3.05) is 0 Å². The van der Waals surface area contributed by atoms with Crippen molar-refractivity contribution in [2.45, 2.75) is 26.5 Å². The van der Waals surface area contributed by atoms with E-state index in [2.05, 4.69) is 10.1 Å². The first-order valence-electron chi connectivity index (χ1n) is 6.87. The van der Waals surface area contributed by atoms with E-state index in [0.29, 0.717) is 6.54 Å². The van der Waals surface area contributed by atoms with Gasteiger partial charge in [0.2, 0.25) is 5.91 Å². The highest BCUT2D eigenvalue weighted by atomic mass is 19.3. The molecule has 1 aromatic carbocycles. The summed E-state index contributed by atoms with van der Waals surface area (Å²) >= 11 is 0. The van der Waals surface area contributed by atoms with Gasteiger partial charge in [-0.1, -0.05) is 12.1 Å². The van der Waals surface area contributed by atoms with E-state index in [4.69, 9.17) is 0 Å². The van der Waals surface area contributed by atoms with E-state index in [0.717, 1.165) is 17.0 Å². The summed E-state index contributed by atoms with van der Waals surface area (Å²) in [7, 11) is 1.94. The Morgan fingerprint density at radius 3 is 2.45 bits per heavy atom. The number of aryl methyl sites for hydroxylation is 1. The number of hydrogen-bond donors (Lipinski definition) is 1. The molecule has 0 atom stereocenters. The lowest BCUT2D eigenvalue weighted by Crippen LogP contribution is -2.25. The van der Waals surface area contributed by atoms with Crippen LogP contribution in [0.15, 0.2) is 36.4 Å². The number of nitrogens with one attached hydrogen (secondary N) is 1. The van der Waals surface area contributed by atoms with Gasteiger partial charge in [-0.05, 0) is 36.8 Å². The van der Waals surface area contributed by atoms with Crippen LogP contribution in [0.4, 0.5) is 8.78 Å². The summed E-state index contributed by atoms with van der Waals surface area (Å²) < 4.78 is 30.3. The van der Waals surface area contributed by atoms with Gasteiger partial charge in [-0.2, -0.15) is 8.78 Å². The summed E-state index contributed by atoms with van der Waals surface area (Å²) in [5.41, 5.74) is 2.88. The topological polar surface area (TPSA) is 43.3 Å². The van der Waals surface area contributed by atoms with Gasteiger partial charge in [0, 0.05) is 18.4 Å². The lowest BCUT2D eigenvalue weighted by Gasteiger charge is -2.08. The molecule has 0 saturated carbocycles. The van der Waals surface area contributed by atoms with Gasteiger partial charge < -0.3 is 14.6 Å². The summed E-state index contributed by atoms with van der Waals surface area (Å²) in [6.07, 6.45) is 0.193. The third-order valence-electron chi connectivity index (χ3n) is 3.46. The Kier molecular flexibility index (Phi) is 5.14. The molecule has 0 radical (unpaired) electrons. The molecule has 0 fully saturated rings. The lowest BCUT2D eigenvalue weighted by molar-refractivity contribution is -0.120. The normalized spacial score (nSPS) is 10.8. The number of benzene rings is 1. The van der Waals surface area contributed by atoms with E-state index >= 15 is 0 Å². The fourth-order valence-corrected chi connectivity index (χ4v) is 2.07. The van der Waals surface area contributed by atoms with Gasteiger partial charge in [0.25, 0.3) is 0 Å². The summed E-state index contributed by atoms with van der Waals surface area (Å²) in [5.74, 6) is -0.0418. The number of carbonyl (C=O) groups is 1. The smallest absolute Gasteiger partial charge is 0.387 e. The van der Waals surface area contributed by atoms with Gasteiger partial charge in [0.1, 0.15) is 5.75 Å². The number of aromatic nitrogens is 1. The molecule has 2 aromatic rings. The number of amides is 1. The molecule has 0 aliphatic rings. The minimum Gasteiger partial charge on any atom is -0.435 e. The van der Waals surface area contributed by atoms with Crippen LogP contribution < -0.4 is 10.1 Å². The molecule has 118 valence electrons.